The summed E-state index contributed by atoms with van der Waals surface area (Å²) >= 11 is 4.99. The zero-order valence-corrected chi connectivity index (χ0v) is 96.0. The minimum atomic E-state index is -2.38. The van der Waals surface area contributed by atoms with Gasteiger partial charge in [-0.15, -0.1) is 34.0 Å². The van der Waals surface area contributed by atoms with Crippen LogP contribution in [-0.4, -0.2) is 144 Å². The van der Waals surface area contributed by atoms with E-state index in [-0.39, 0.29) is 11.8 Å². The third-order valence-electron chi connectivity index (χ3n) is 27.8. The van der Waals surface area contributed by atoms with Crippen molar-refractivity contribution in [3.63, 3.8) is 0 Å². The summed E-state index contributed by atoms with van der Waals surface area (Å²) in [5, 5.41) is 11.5. The van der Waals surface area contributed by atoms with E-state index in [4.69, 9.17) is 24.9 Å². The summed E-state index contributed by atoms with van der Waals surface area (Å²) in [5.41, 5.74) is 30.4. The third kappa shape index (κ3) is 22.9. The molecule has 4 heterocycles. The number of aromatic nitrogens is 5. The van der Waals surface area contributed by atoms with Gasteiger partial charge in [-0.2, -0.15) is 0 Å². The van der Waals surface area contributed by atoms with Crippen LogP contribution in [0.2, 0.25) is 0 Å². The summed E-state index contributed by atoms with van der Waals surface area (Å²) in [5.74, 6) is 0.936. The van der Waals surface area contributed by atoms with Gasteiger partial charge in [-0.05, 0) is 302 Å². The maximum atomic E-state index is 13.0. The molecule has 22 heteroatoms. The van der Waals surface area contributed by atoms with E-state index < -0.39 is 56.6 Å². The zero-order chi connectivity index (χ0) is 105. The van der Waals surface area contributed by atoms with Gasteiger partial charge in [-0.3, -0.25) is 0 Å². The predicted octanol–water partition coefficient (Wildman–Crippen LogP) is 31.9. The van der Waals surface area contributed by atoms with Crippen molar-refractivity contribution in [2.75, 3.05) is 107 Å². The SMILES string of the molecule is C=P(C)(C)c1ccc(-c2nc(-c3ccc(P(C)(C)=O)cc3)c3ccc(-c4ccc(P(C)(C)=O)cc4)cc3n2)cc1.C=P(C)(C)c1cccc(-c2ccc3c(c2)C(c2ccccc2)=C2C=CC(c4cccc(P(C)(C)=O)c4)=CC2C3c2ccccc2)c1.CP(C)(=O)c1ccc(-c2ccc3nc(-c4cc(-c5nc6ccc(-c7ccc(P(C)(C)=O)cc7)cc6s5)cc(-c5nc6ccc(-c7ccc(P(C)(C)=O)cc7)cc6s5)c4)sc3c2)cc1. The van der Waals surface area contributed by atoms with Crippen LogP contribution in [0.1, 0.15) is 33.7 Å². The molecule has 11 nitrogen and oxygen atoms in total. The van der Waals surface area contributed by atoms with Gasteiger partial charge >= 0.3 is 0 Å². The molecule has 0 aliphatic heterocycles. The van der Waals surface area contributed by atoms with Crippen LogP contribution in [0.3, 0.4) is 0 Å². The Kier molecular flexibility index (Phi) is 28.7. The van der Waals surface area contributed by atoms with Crippen LogP contribution in [-0.2, 0) is 27.4 Å². The van der Waals surface area contributed by atoms with Crippen molar-refractivity contribution < 1.29 is 27.4 Å². The number of benzene rings is 16. The highest BCUT2D eigenvalue weighted by Gasteiger charge is 2.38. The van der Waals surface area contributed by atoms with E-state index in [0.29, 0.717) is 5.82 Å². The Morgan fingerprint density at radius 1 is 0.248 bits per heavy atom. The van der Waals surface area contributed by atoms with Crippen LogP contribution >= 0.6 is 90.6 Å². The van der Waals surface area contributed by atoms with Crippen molar-refractivity contribution in [3.05, 3.63) is 416 Å². The Bertz CT molecular complexity index is 8820. The Morgan fingerprint density at radius 3 is 1.01 bits per heavy atom. The molecule has 2 aliphatic carbocycles. The first-order valence-electron chi connectivity index (χ1n) is 49.4. The average Bonchev–Trinajstić information content (AvgIpc) is 1.08. The third-order valence-corrected chi connectivity index (χ3v) is 43.6. The number of nitrogens with zero attached hydrogens (tertiary/aromatic N) is 5. The maximum absolute atomic E-state index is 13.0. The molecule has 0 N–H and O–H groups in total. The molecule has 2 aliphatic rings. The van der Waals surface area contributed by atoms with Crippen LogP contribution in [0.25, 0.3) is 163 Å². The van der Waals surface area contributed by atoms with Crippen LogP contribution in [0, 0.1) is 5.92 Å². The molecule has 0 amide bonds. The van der Waals surface area contributed by atoms with Gasteiger partial charge in [0, 0.05) is 76.9 Å². The van der Waals surface area contributed by atoms with E-state index in [1.807, 2.05) is 110 Å². The number of allylic oxidation sites excluding steroid dienone is 5. The molecule has 0 saturated carbocycles. The smallest absolute Gasteiger partial charge is 0.160 e. The van der Waals surface area contributed by atoms with Crippen molar-refractivity contribution in [2.24, 2.45) is 5.92 Å². The molecule has 149 heavy (non-hydrogen) atoms. The summed E-state index contributed by atoms with van der Waals surface area (Å²) in [4.78, 5) is 25.6. The second-order valence-corrected chi connectivity index (χ2v) is 72.4. The van der Waals surface area contributed by atoms with Crippen molar-refractivity contribution in [3.8, 4) is 110 Å². The average molecular weight is 2150 g/mol. The van der Waals surface area contributed by atoms with Crippen molar-refractivity contribution in [1.29, 1.82) is 0 Å². The fraction of sp³-hybridized carbons (Fsp3) is 0.142. The van der Waals surface area contributed by atoms with Crippen molar-refractivity contribution in [2.45, 2.75) is 5.92 Å². The lowest BCUT2D eigenvalue weighted by molar-refractivity contribution is 0.587. The summed E-state index contributed by atoms with van der Waals surface area (Å²) in [6.07, 6.45) is 15.9. The molecule has 0 spiro atoms. The Labute approximate surface area is 887 Å². The second-order valence-electron chi connectivity index (χ2n) is 42.3. The maximum Gasteiger partial charge on any atom is 0.160 e. The van der Waals surface area contributed by atoms with E-state index >= 15 is 0 Å². The molecular weight excluding hydrogens is 2040 g/mol. The number of thiazole rings is 3. The minimum Gasteiger partial charge on any atom is -0.319 e. The number of hydrogen-bond donors (Lipinski definition) is 0. The predicted molar refractivity (Wildman–Crippen MR) is 660 cm³/mol. The first kappa shape index (κ1) is 104. The van der Waals surface area contributed by atoms with Crippen LogP contribution in [0.15, 0.2) is 388 Å². The number of fused-ring (bicyclic) bond motifs is 6. The van der Waals surface area contributed by atoms with E-state index in [1.54, 1.807) is 101 Å². The minimum absolute atomic E-state index is 0.134. The fourth-order valence-corrected chi connectivity index (χ4v) is 29.5. The highest BCUT2D eigenvalue weighted by atomic mass is 32.1. The van der Waals surface area contributed by atoms with Gasteiger partial charge in [0.15, 0.2) is 5.82 Å². The number of hydrogen-bond acceptors (Lipinski definition) is 14. The van der Waals surface area contributed by atoms with E-state index in [2.05, 4.69) is 324 Å². The van der Waals surface area contributed by atoms with Gasteiger partial charge in [0.1, 0.15) is 57.9 Å². The van der Waals surface area contributed by atoms with Gasteiger partial charge in [-0.1, -0.05) is 324 Å². The van der Waals surface area contributed by atoms with E-state index in [1.165, 1.54) is 60.7 Å². The highest BCUT2D eigenvalue weighted by Crippen LogP contribution is 2.55. The first-order chi connectivity index (χ1) is 70.8. The monoisotopic (exact) mass is 2150 g/mol. The fourth-order valence-electron chi connectivity index (χ4n) is 19.4. The molecule has 0 radical (unpaired) electrons. The van der Waals surface area contributed by atoms with Gasteiger partial charge in [0.05, 0.1) is 41.9 Å². The van der Waals surface area contributed by atoms with Gasteiger partial charge in [-0.25, -0.2) is 24.9 Å². The summed E-state index contributed by atoms with van der Waals surface area (Å²) in [6.45, 7) is 27.8. The lowest BCUT2D eigenvalue weighted by Gasteiger charge is -2.38. The van der Waals surface area contributed by atoms with Crippen LogP contribution in [0.4, 0.5) is 0 Å². The van der Waals surface area contributed by atoms with E-state index in [9.17, 15) is 27.4 Å². The Balaban J connectivity index is 0.000000140. The van der Waals surface area contributed by atoms with Gasteiger partial charge in [0.2, 0.25) is 0 Å². The van der Waals surface area contributed by atoms with Crippen LogP contribution < -0.4 is 42.4 Å². The largest absolute Gasteiger partial charge is 0.319 e. The highest BCUT2D eigenvalue weighted by molar-refractivity contribution is 7.80. The topological polar surface area (TPSA) is 167 Å². The van der Waals surface area contributed by atoms with Crippen molar-refractivity contribution in [1.82, 2.24) is 24.9 Å². The summed E-state index contributed by atoms with van der Waals surface area (Å²) in [6, 6.07) is 127. The lowest BCUT2D eigenvalue weighted by atomic mass is 9.65. The second kappa shape index (κ2) is 41.1. The molecule has 16 aromatic carbocycles. The number of rotatable bonds is 21. The van der Waals surface area contributed by atoms with Crippen molar-refractivity contribution >= 4 is 198 Å². The zero-order valence-electron chi connectivity index (χ0n) is 86.4. The molecule has 0 bridgehead atoms. The molecule has 744 valence electrons. The molecule has 2 unspecified atom stereocenters. The van der Waals surface area contributed by atoms with Gasteiger partial charge < -0.3 is 27.4 Å². The van der Waals surface area contributed by atoms with Crippen LogP contribution in [0.5, 0.6) is 0 Å². The molecule has 20 aromatic rings. The van der Waals surface area contributed by atoms with E-state index in [0.717, 1.165) is 172 Å². The molecular formula is C127H117N5O6P8S3. The molecule has 2 atom stereocenters. The molecule has 22 rings (SSSR count). The Morgan fingerprint density at radius 2 is 0.591 bits per heavy atom. The quantitative estimate of drug-likeness (QED) is 0.0628. The Hall–Kier alpha value is -12.3. The molecule has 0 saturated heterocycles. The lowest BCUT2D eigenvalue weighted by Crippen LogP contribution is -2.23. The first-order valence-corrected chi connectivity index (χ1v) is 73.2. The summed E-state index contributed by atoms with van der Waals surface area (Å²) < 4.78 is 79.4. The molecule has 4 aromatic heterocycles. The summed E-state index contributed by atoms with van der Waals surface area (Å²) in [7, 11) is -14.1. The standard InChI is InChI=1S/C51H42N3O3P3S3.C43H40OP2.C33H35N2O2P3/c1-58(2,55)40-16-7-31(8-17-40)34-13-22-43-46(28-34)61-49(52-43)37-25-38(50-53-44-23-14-35(29-47(44)62-50)32-9-18-41(19-10-32)59(3,4)56)27-39(26-37)51-54-45-24-15-36(30-48(45)63-51)33-11-20-42(21-12-33)60(5,6)57;1-45(2,3)36-20-12-18-32(26-36)34-22-24-38-40(28-34)42(30-14-8-6-9-15-30)39-25-23-35(33-19-13-21-37(27-33)46(4,5)44)29-41(39)43(38)31-16-10-7-11-17-31;1-38(2,3)27-15-12-25(13-16-27)33-34-31-22-26(23-8-17-28(18-9-23)39(4,5)36)14-21-30(31)32(35-33)24-10-19-29(20-11-24)40(6,7)37/h7-30H,1-6H3;6-29,41,43H,1H2,2-5H3;8-22H,1H2,2-7H3. The molecule has 0 fully saturated rings. The van der Waals surface area contributed by atoms with Gasteiger partial charge in [0.25, 0.3) is 0 Å². The normalized spacial score (nSPS) is 14.1.